The minimum atomic E-state index is -3.89. The molecule has 0 saturated heterocycles. The van der Waals surface area contributed by atoms with E-state index in [4.69, 9.17) is 0 Å². The van der Waals surface area contributed by atoms with Crippen LogP contribution in [0, 0.1) is 5.82 Å². The number of hydrogen-bond acceptors (Lipinski definition) is 4. The van der Waals surface area contributed by atoms with Crippen LogP contribution >= 0.6 is 0 Å². The molecule has 3 aromatic rings. The van der Waals surface area contributed by atoms with Crippen molar-refractivity contribution >= 4 is 10.0 Å². The van der Waals surface area contributed by atoms with Crippen molar-refractivity contribution < 1.29 is 12.8 Å². The summed E-state index contributed by atoms with van der Waals surface area (Å²) in [5, 5.41) is 4.02. The van der Waals surface area contributed by atoms with E-state index in [0.717, 1.165) is 17.2 Å². The van der Waals surface area contributed by atoms with Crippen molar-refractivity contribution in [1.29, 1.82) is 0 Å². The van der Waals surface area contributed by atoms with E-state index in [-0.39, 0.29) is 11.4 Å². The van der Waals surface area contributed by atoms with Crippen molar-refractivity contribution in [2.75, 3.05) is 0 Å². The van der Waals surface area contributed by atoms with Gasteiger partial charge in [-0.2, -0.15) is 5.10 Å². The lowest BCUT2D eigenvalue weighted by atomic mass is 10.1. The van der Waals surface area contributed by atoms with Gasteiger partial charge in [0.15, 0.2) is 0 Å². The molecule has 0 aliphatic heterocycles. The summed E-state index contributed by atoms with van der Waals surface area (Å²) < 4.78 is 42.0. The van der Waals surface area contributed by atoms with E-state index in [1.807, 2.05) is 24.3 Å². The molecule has 1 N–H and O–H groups in total. The van der Waals surface area contributed by atoms with Crippen LogP contribution in [0.5, 0.6) is 0 Å². The second-order valence-corrected chi connectivity index (χ2v) is 6.90. The third-order valence-corrected chi connectivity index (χ3v) is 4.86. The molecule has 24 heavy (non-hydrogen) atoms. The summed E-state index contributed by atoms with van der Waals surface area (Å²) in [5.41, 5.74) is 1.79. The number of nitrogens with one attached hydrogen (secondary N) is 1. The van der Waals surface area contributed by atoms with Gasteiger partial charge < -0.3 is 0 Å². The first-order chi connectivity index (χ1) is 11.5. The Kier molecular flexibility index (Phi) is 4.68. The standard InChI is InChI=1S/C16H15FN4O2S/c17-15-3-1-2-4-16(15)24(22,23)20-9-13-5-7-14(8-6-13)10-21-12-18-11-19-21/h1-8,11-12,20H,9-10H2. The fourth-order valence-corrected chi connectivity index (χ4v) is 3.28. The maximum absolute atomic E-state index is 13.6. The van der Waals surface area contributed by atoms with E-state index in [9.17, 15) is 12.8 Å². The molecular formula is C16H15FN4O2S. The minimum absolute atomic E-state index is 0.0836. The summed E-state index contributed by atoms with van der Waals surface area (Å²) in [7, 11) is -3.89. The Hall–Kier alpha value is -2.58. The number of nitrogens with zero attached hydrogens (tertiary/aromatic N) is 3. The van der Waals surface area contributed by atoms with Crippen molar-refractivity contribution in [3.05, 3.63) is 78.1 Å². The van der Waals surface area contributed by atoms with Gasteiger partial charge in [0.25, 0.3) is 0 Å². The van der Waals surface area contributed by atoms with Gasteiger partial charge >= 0.3 is 0 Å². The van der Waals surface area contributed by atoms with Gasteiger partial charge in [0.1, 0.15) is 23.4 Å². The highest BCUT2D eigenvalue weighted by Gasteiger charge is 2.17. The fraction of sp³-hybridized carbons (Fsp3) is 0.125. The molecule has 8 heteroatoms. The van der Waals surface area contributed by atoms with Crippen LogP contribution in [-0.2, 0) is 23.1 Å². The lowest BCUT2D eigenvalue weighted by molar-refractivity contribution is 0.557. The lowest BCUT2D eigenvalue weighted by Gasteiger charge is -2.08. The summed E-state index contributed by atoms with van der Waals surface area (Å²) in [6, 6.07) is 12.7. The van der Waals surface area contributed by atoms with Crippen LogP contribution in [0.2, 0.25) is 0 Å². The molecule has 6 nitrogen and oxygen atoms in total. The molecule has 0 saturated carbocycles. The number of hydrogen-bond donors (Lipinski definition) is 1. The van der Waals surface area contributed by atoms with E-state index in [1.54, 1.807) is 11.0 Å². The van der Waals surface area contributed by atoms with Gasteiger partial charge in [-0.3, -0.25) is 0 Å². The highest BCUT2D eigenvalue weighted by molar-refractivity contribution is 7.89. The van der Waals surface area contributed by atoms with Crippen molar-refractivity contribution in [2.24, 2.45) is 0 Å². The molecular weight excluding hydrogens is 331 g/mol. The van der Waals surface area contributed by atoms with Crippen molar-refractivity contribution in [1.82, 2.24) is 19.5 Å². The zero-order valence-corrected chi connectivity index (χ0v) is 13.4. The minimum Gasteiger partial charge on any atom is -0.249 e. The van der Waals surface area contributed by atoms with Crippen molar-refractivity contribution in [3.8, 4) is 0 Å². The van der Waals surface area contributed by atoms with E-state index in [1.165, 1.54) is 24.5 Å². The number of sulfonamides is 1. The summed E-state index contributed by atoms with van der Waals surface area (Å²) in [6.45, 7) is 0.668. The zero-order valence-electron chi connectivity index (χ0n) is 12.6. The Labute approximate surface area is 139 Å². The molecule has 0 atom stereocenters. The summed E-state index contributed by atoms with van der Waals surface area (Å²) in [5.74, 6) is -0.770. The van der Waals surface area contributed by atoms with Gasteiger partial charge in [-0.25, -0.2) is 27.2 Å². The first kappa shape index (κ1) is 16.3. The Morgan fingerprint density at radius 1 is 1.04 bits per heavy atom. The van der Waals surface area contributed by atoms with Crippen LogP contribution < -0.4 is 4.72 Å². The maximum atomic E-state index is 13.6. The van der Waals surface area contributed by atoms with Crippen LogP contribution in [-0.4, -0.2) is 23.2 Å². The van der Waals surface area contributed by atoms with Gasteiger partial charge in [-0.1, -0.05) is 36.4 Å². The summed E-state index contributed by atoms with van der Waals surface area (Å²) in [4.78, 5) is 3.52. The number of rotatable bonds is 6. The van der Waals surface area contributed by atoms with Gasteiger partial charge in [0, 0.05) is 6.54 Å². The molecule has 0 radical (unpaired) electrons. The largest absolute Gasteiger partial charge is 0.249 e. The molecule has 0 aliphatic rings. The smallest absolute Gasteiger partial charge is 0.243 e. The van der Waals surface area contributed by atoms with Gasteiger partial charge in [-0.05, 0) is 23.3 Å². The molecule has 1 heterocycles. The maximum Gasteiger partial charge on any atom is 0.243 e. The second-order valence-electron chi connectivity index (χ2n) is 5.16. The average Bonchev–Trinajstić information content (AvgIpc) is 3.07. The molecule has 124 valence electrons. The highest BCUT2D eigenvalue weighted by atomic mass is 32.2. The normalized spacial score (nSPS) is 11.5. The SMILES string of the molecule is O=S(=O)(NCc1ccc(Cn2cncn2)cc1)c1ccccc1F. The molecule has 0 spiro atoms. The predicted octanol–water partition coefficient (Wildman–Crippen LogP) is 1.94. The monoisotopic (exact) mass is 346 g/mol. The summed E-state index contributed by atoms with van der Waals surface area (Å²) in [6.07, 6.45) is 3.09. The number of benzene rings is 2. The third kappa shape index (κ3) is 3.84. The van der Waals surface area contributed by atoms with E-state index in [2.05, 4.69) is 14.8 Å². The van der Waals surface area contributed by atoms with Gasteiger partial charge in [-0.15, -0.1) is 0 Å². The molecule has 3 rings (SSSR count). The highest BCUT2D eigenvalue weighted by Crippen LogP contribution is 2.14. The molecule has 0 aliphatic carbocycles. The van der Waals surface area contributed by atoms with Crippen LogP contribution in [0.1, 0.15) is 11.1 Å². The second kappa shape index (κ2) is 6.90. The number of halogens is 1. The molecule has 2 aromatic carbocycles. The van der Waals surface area contributed by atoms with E-state index < -0.39 is 15.8 Å². The average molecular weight is 346 g/mol. The molecule has 0 fully saturated rings. The molecule has 0 amide bonds. The van der Waals surface area contributed by atoms with Crippen molar-refractivity contribution in [3.63, 3.8) is 0 Å². The van der Waals surface area contributed by atoms with Crippen LogP contribution in [0.3, 0.4) is 0 Å². The molecule has 0 bridgehead atoms. The van der Waals surface area contributed by atoms with Gasteiger partial charge in [0.05, 0.1) is 6.54 Å². The quantitative estimate of drug-likeness (QED) is 0.740. The van der Waals surface area contributed by atoms with Crippen LogP contribution in [0.25, 0.3) is 0 Å². The molecule has 1 aromatic heterocycles. The Morgan fingerprint density at radius 3 is 2.42 bits per heavy atom. The lowest BCUT2D eigenvalue weighted by Crippen LogP contribution is -2.24. The van der Waals surface area contributed by atoms with E-state index >= 15 is 0 Å². The van der Waals surface area contributed by atoms with E-state index in [0.29, 0.717) is 6.54 Å². The number of aromatic nitrogens is 3. The predicted molar refractivity (Wildman–Crippen MR) is 86.0 cm³/mol. The fourth-order valence-electron chi connectivity index (χ4n) is 2.18. The summed E-state index contributed by atoms with van der Waals surface area (Å²) >= 11 is 0. The van der Waals surface area contributed by atoms with Gasteiger partial charge in [0.2, 0.25) is 10.0 Å². The Morgan fingerprint density at radius 2 is 1.75 bits per heavy atom. The third-order valence-electron chi connectivity index (χ3n) is 3.43. The Bertz CT molecular complexity index is 910. The first-order valence-corrected chi connectivity index (χ1v) is 8.67. The van der Waals surface area contributed by atoms with Crippen LogP contribution in [0.4, 0.5) is 4.39 Å². The van der Waals surface area contributed by atoms with Crippen molar-refractivity contribution in [2.45, 2.75) is 18.0 Å². The van der Waals surface area contributed by atoms with Crippen LogP contribution in [0.15, 0.2) is 66.1 Å². The topological polar surface area (TPSA) is 76.9 Å². The molecule has 0 unspecified atom stereocenters. The first-order valence-electron chi connectivity index (χ1n) is 7.19. The zero-order chi connectivity index (χ0) is 17.0. The Balaban J connectivity index is 1.65.